The van der Waals surface area contributed by atoms with Crippen LogP contribution in [-0.2, 0) is 0 Å². The molecular weight excluding hydrogens is 208 g/mol. The molecule has 1 atom stereocenters. The minimum atomic E-state index is 0.599. The van der Waals surface area contributed by atoms with Crippen molar-refractivity contribution in [2.24, 2.45) is 5.41 Å². The molecule has 2 aliphatic rings. The molecule has 1 heterocycles. The summed E-state index contributed by atoms with van der Waals surface area (Å²) < 4.78 is 0. The first-order valence-corrected chi connectivity index (χ1v) is 7.09. The molecule has 1 fully saturated rings. The summed E-state index contributed by atoms with van der Waals surface area (Å²) in [4.78, 5) is 2.64. The van der Waals surface area contributed by atoms with Crippen LogP contribution in [0.3, 0.4) is 0 Å². The van der Waals surface area contributed by atoms with E-state index in [1.807, 2.05) is 0 Å². The fourth-order valence-electron chi connectivity index (χ4n) is 3.35. The van der Waals surface area contributed by atoms with Crippen LogP contribution >= 0.6 is 0 Å². The Labute approximate surface area is 105 Å². The van der Waals surface area contributed by atoms with Crippen molar-refractivity contribution in [1.82, 2.24) is 4.90 Å². The lowest BCUT2D eigenvalue weighted by Crippen LogP contribution is -2.44. The third-order valence-corrected chi connectivity index (χ3v) is 4.31. The number of rotatable bonds is 4. The molecule has 0 unspecified atom stereocenters. The maximum Gasteiger partial charge on any atom is 0.0621 e. The Hall–Kier alpha value is -0.810. The number of hydrogen-bond donors (Lipinski definition) is 0. The molecule has 2 nitrogen and oxygen atoms in total. The van der Waals surface area contributed by atoms with Crippen molar-refractivity contribution < 1.29 is 0 Å². The van der Waals surface area contributed by atoms with Gasteiger partial charge in [-0.3, -0.25) is 0 Å². The van der Waals surface area contributed by atoms with Crippen LogP contribution in [0.5, 0.6) is 0 Å². The molecule has 0 amide bonds. The van der Waals surface area contributed by atoms with E-state index in [-0.39, 0.29) is 0 Å². The van der Waals surface area contributed by atoms with Gasteiger partial charge in [0, 0.05) is 13.0 Å². The zero-order chi connectivity index (χ0) is 12.0. The van der Waals surface area contributed by atoms with Crippen molar-refractivity contribution in [3.8, 4) is 6.07 Å². The van der Waals surface area contributed by atoms with Gasteiger partial charge >= 0.3 is 0 Å². The van der Waals surface area contributed by atoms with Crippen molar-refractivity contribution in [2.45, 2.75) is 51.4 Å². The van der Waals surface area contributed by atoms with E-state index in [4.69, 9.17) is 5.26 Å². The van der Waals surface area contributed by atoms with Gasteiger partial charge in [0.25, 0.3) is 0 Å². The quantitative estimate of drug-likeness (QED) is 0.548. The highest BCUT2D eigenvalue weighted by Crippen LogP contribution is 2.40. The lowest BCUT2D eigenvalue weighted by Gasteiger charge is -2.44. The average molecular weight is 232 g/mol. The van der Waals surface area contributed by atoms with E-state index in [2.05, 4.69) is 23.1 Å². The van der Waals surface area contributed by atoms with Gasteiger partial charge in [0.1, 0.15) is 0 Å². The lowest BCUT2D eigenvalue weighted by atomic mass is 9.71. The summed E-state index contributed by atoms with van der Waals surface area (Å²) in [7, 11) is 0. The molecule has 2 heteroatoms. The molecule has 0 aromatic heterocycles. The fourth-order valence-corrected chi connectivity index (χ4v) is 3.35. The van der Waals surface area contributed by atoms with Gasteiger partial charge in [-0.05, 0) is 63.5 Å². The van der Waals surface area contributed by atoms with Gasteiger partial charge < -0.3 is 4.90 Å². The molecule has 2 rings (SSSR count). The van der Waals surface area contributed by atoms with E-state index < -0.39 is 0 Å². The summed E-state index contributed by atoms with van der Waals surface area (Å²) in [6, 6.07) is 2.23. The van der Waals surface area contributed by atoms with Gasteiger partial charge in [0.15, 0.2) is 0 Å². The smallest absolute Gasteiger partial charge is 0.0621 e. The Morgan fingerprint density at radius 1 is 1.24 bits per heavy atom. The number of hydrogen-bond acceptors (Lipinski definition) is 2. The van der Waals surface area contributed by atoms with Crippen LogP contribution in [0.1, 0.15) is 51.4 Å². The van der Waals surface area contributed by atoms with Crippen LogP contribution in [0.4, 0.5) is 0 Å². The predicted molar refractivity (Wildman–Crippen MR) is 70.6 cm³/mol. The number of allylic oxidation sites excluding steroid dienone is 2. The number of piperidine rings is 1. The van der Waals surface area contributed by atoms with Gasteiger partial charge in [0.05, 0.1) is 6.07 Å². The normalized spacial score (nSPS) is 29.4. The minimum Gasteiger partial charge on any atom is -0.303 e. The summed E-state index contributed by atoms with van der Waals surface area (Å²) in [5, 5.41) is 8.53. The Morgan fingerprint density at radius 3 is 2.94 bits per heavy atom. The van der Waals surface area contributed by atoms with Gasteiger partial charge in [0.2, 0.25) is 0 Å². The average Bonchev–Trinajstić information content (AvgIpc) is 2.36. The summed E-state index contributed by atoms with van der Waals surface area (Å²) in [6.07, 6.45) is 14.5. The number of nitrogens with zero attached hydrogens (tertiary/aromatic N) is 2. The highest BCUT2D eigenvalue weighted by molar-refractivity contribution is 5.00. The molecule has 1 aliphatic carbocycles. The summed E-state index contributed by atoms with van der Waals surface area (Å²) >= 11 is 0. The third kappa shape index (κ3) is 3.57. The Morgan fingerprint density at radius 2 is 2.18 bits per heavy atom. The van der Waals surface area contributed by atoms with Gasteiger partial charge in [-0.1, -0.05) is 12.2 Å². The first-order valence-electron chi connectivity index (χ1n) is 7.09. The van der Waals surface area contributed by atoms with Crippen molar-refractivity contribution in [2.75, 3.05) is 19.6 Å². The Balaban J connectivity index is 1.77. The molecule has 0 bridgehead atoms. The fraction of sp³-hybridized carbons (Fsp3) is 0.800. The molecule has 1 aliphatic heterocycles. The van der Waals surface area contributed by atoms with Gasteiger partial charge in [-0.25, -0.2) is 0 Å². The van der Waals surface area contributed by atoms with E-state index in [0.717, 1.165) is 12.8 Å². The largest absolute Gasteiger partial charge is 0.303 e. The van der Waals surface area contributed by atoms with Crippen molar-refractivity contribution >= 4 is 0 Å². The second-order valence-corrected chi connectivity index (χ2v) is 5.71. The lowest BCUT2D eigenvalue weighted by molar-refractivity contribution is 0.0781. The first kappa shape index (κ1) is 12.6. The van der Waals surface area contributed by atoms with Crippen molar-refractivity contribution in [3.63, 3.8) is 0 Å². The number of nitriles is 1. The Bertz CT molecular complexity index is 303. The monoisotopic (exact) mass is 232 g/mol. The van der Waals surface area contributed by atoms with E-state index in [9.17, 15) is 0 Å². The van der Waals surface area contributed by atoms with E-state index in [1.165, 1.54) is 58.2 Å². The highest BCUT2D eigenvalue weighted by Gasteiger charge is 2.34. The summed E-state index contributed by atoms with van der Waals surface area (Å²) in [5.41, 5.74) is 0.599. The van der Waals surface area contributed by atoms with E-state index in [0.29, 0.717) is 5.41 Å². The molecule has 1 spiro atoms. The third-order valence-electron chi connectivity index (χ3n) is 4.31. The van der Waals surface area contributed by atoms with Gasteiger partial charge in [-0.2, -0.15) is 5.26 Å². The van der Waals surface area contributed by atoms with Crippen LogP contribution < -0.4 is 0 Å². The zero-order valence-corrected chi connectivity index (χ0v) is 10.8. The zero-order valence-electron chi connectivity index (χ0n) is 10.8. The topological polar surface area (TPSA) is 27.0 Å². The molecule has 0 saturated carbocycles. The van der Waals surface area contributed by atoms with Crippen LogP contribution in [0.2, 0.25) is 0 Å². The number of likely N-dealkylation sites (tertiary alicyclic amines) is 1. The second kappa shape index (κ2) is 6.21. The van der Waals surface area contributed by atoms with Crippen molar-refractivity contribution in [1.29, 1.82) is 5.26 Å². The maximum atomic E-state index is 8.53. The second-order valence-electron chi connectivity index (χ2n) is 5.71. The van der Waals surface area contributed by atoms with Crippen LogP contribution in [-0.4, -0.2) is 24.5 Å². The SMILES string of the molecule is N#CCCCCN1CCC[C@]2(CC=CCC2)C1. The summed E-state index contributed by atoms with van der Waals surface area (Å²) in [6.45, 7) is 3.77. The van der Waals surface area contributed by atoms with Crippen LogP contribution in [0.25, 0.3) is 0 Å². The molecule has 0 N–H and O–H groups in total. The Kier molecular flexibility index (Phi) is 4.62. The molecule has 0 aromatic carbocycles. The molecule has 0 radical (unpaired) electrons. The van der Waals surface area contributed by atoms with Crippen molar-refractivity contribution in [3.05, 3.63) is 12.2 Å². The molecule has 0 aromatic rings. The van der Waals surface area contributed by atoms with E-state index in [1.54, 1.807) is 0 Å². The molecule has 1 saturated heterocycles. The number of unbranched alkanes of at least 4 members (excludes halogenated alkanes) is 2. The molecular formula is C15H24N2. The van der Waals surface area contributed by atoms with E-state index >= 15 is 0 Å². The standard InChI is InChI=1S/C15H24N2/c16-11-5-2-6-12-17-13-7-10-15(14-17)8-3-1-4-9-15/h1,3H,2,4-10,12-14H2/t15-/m1/s1. The predicted octanol–water partition coefficient (Wildman–Crippen LogP) is 3.50. The minimum absolute atomic E-state index is 0.599. The highest BCUT2D eigenvalue weighted by atomic mass is 15.1. The molecule has 94 valence electrons. The van der Waals surface area contributed by atoms with Crippen LogP contribution in [0, 0.1) is 16.7 Å². The maximum absolute atomic E-state index is 8.53. The molecule has 17 heavy (non-hydrogen) atoms. The first-order chi connectivity index (χ1) is 8.35. The van der Waals surface area contributed by atoms with Gasteiger partial charge in [-0.15, -0.1) is 0 Å². The summed E-state index contributed by atoms with van der Waals surface area (Å²) in [5.74, 6) is 0. The van der Waals surface area contributed by atoms with Crippen LogP contribution in [0.15, 0.2) is 12.2 Å².